The number of carbonyl (C=O) groups excluding carboxylic acids is 1. The maximum Gasteiger partial charge on any atom is 0.225 e. The summed E-state index contributed by atoms with van der Waals surface area (Å²) >= 11 is 0. The molecule has 1 atom stereocenters. The Morgan fingerprint density at radius 3 is 2.86 bits per heavy atom. The Hall–Kier alpha value is -1.58. The molecule has 0 aromatic carbocycles. The second kappa shape index (κ2) is 12.1. The maximum atomic E-state index is 12.7. The summed E-state index contributed by atoms with van der Waals surface area (Å²) < 4.78 is 5.63. The van der Waals surface area contributed by atoms with E-state index in [9.17, 15) is 4.79 Å². The number of nitrogens with zero attached hydrogens (tertiary/aromatic N) is 3. The summed E-state index contributed by atoms with van der Waals surface area (Å²) in [5.41, 5.74) is 0. The minimum absolute atomic E-state index is 0. The summed E-state index contributed by atoms with van der Waals surface area (Å²) in [6.07, 6.45) is 10.2. The van der Waals surface area contributed by atoms with Crippen molar-refractivity contribution < 1.29 is 9.53 Å². The van der Waals surface area contributed by atoms with Crippen LogP contribution in [0.5, 0.6) is 5.75 Å². The Labute approximate surface area is 184 Å². The van der Waals surface area contributed by atoms with Crippen molar-refractivity contribution in [2.24, 2.45) is 10.9 Å². The van der Waals surface area contributed by atoms with Crippen molar-refractivity contribution in [2.45, 2.75) is 44.6 Å². The van der Waals surface area contributed by atoms with Crippen molar-refractivity contribution in [1.82, 2.24) is 20.5 Å². The first-order chi connectivity index (χ1) is 13.3. The summed E-state index contributed by atoms with van der Waals surface area (Å²) in [4.78, 5) is 23.0. The van der Waals surface area contributed by atoms with Crippen LogP contribution in [-0.2, 0) is 4.79 Å². The highest BCUT2D eigenvalue weighted by molar-refractivity contribution is 14.0. The van der Waals surface area contributed by atoms with Gasteiger partial charge in [0.2, 0.25) is 5.91 Å². The van der Waals surface area contributed by atoms with E-state index in [0.717, 1.165) is 44.1 Å². The minimum atomic E-state index is 0. The number of aliphatic imine (C=N–C) groups is 1. The largest absolute Gasteiger partial charge is 0.490 e. The van der Waals surface area contributed by atoms with E-state index in [1.807, 2.05) is 17.0 Å². The van der Waals surface area contributed by atoms with E-state index >= 15 is 0 Å². The summed E-state index contributed by atoms with van der Waals surface area (Å²) in [7, 11) is 1.76. The van der Waals surface area contributed by atoms with Crippen molar-refractivity contribution in [1.29, 1.82) is 0 Å². The van der Waals surface area contributed by atoms with E-state index in [4.69, 9.17) is 4.74 Å². The molecule has 0 bridgehead atoms. The lowest BCUT2D eigenvalue weighted by atomic mass is 9.88. The number of rotatable bonds is 6. The molecule has 1 amide bonds. The van der Waals surface area contributed by atoms with Gasteiger partial charge in [-0.1, -0.05) is 19.3 Å². The highest BCUT2D eigenvalue weighted by atomic mass is 127. The van der Waals surface area contributed by atoms with E-state index in [2.05, 4.69) is 20.6 Å². The molecular formula is C20H32IN5O2. The van der Waals surface area contributed by atoms with E-state index in [1.54, 1.807) is 19.4 Å². The van der Waals surface area contributed by atoms with Crippen LogP contribution in [0.25, 0.3) is 0 Å². The molecule has 1 saturated heterocycles. The molecule has 0 spiro atoms. The smallest absolute Gasteiger partial charge is 0.225 e. The maximum absolute atomic E-state index is 12.7. The van der Waals surface area contributed by atoms with Crippen LogP contribution in [0.3, 0.4) is 0 Å². The van der Waals surface area contributed by atoms with Crippen molar-refractivity contribution in [3.05, 3.63) is 24.5 Å². The van der Waals surface area contributed by atoms with Crippen LogP contribution in [0.1, 0.15) is 38.5 Å². The van der Waals surface area contributed by atoms with Gasteiger partial charge in [0.15, 0.2) is 5.96 Å². The first kappa shape index (κ1) is 22.7. The lowest BCUT2D eigenvalue weighted by Gasteiger charge is -2.26. The standard InChI is InChI=1S/C20H31N5O2.HI/c1-21-20(23-11-13-27-18-8-5-10-22-14-18)24-17-9-12-25(15-17)19(26)16-6-3-2-4-7-16;/h5,8,10,14,16-17H,2-4,6-7,9,11-13,15H2,1H3,(H2,21,23,24);1H. The van der Waals surface area contributed by atoms with Crippen LogP contribution in [-0.4, -0.2) is 61.1 Å². The Morgan fingerprint density at radius 2 is 2.14 bits per heavy atom. The number of pyridine rings is 1. The molecule has 2 heterocycles. The molecule has 7 nitrogen and oxygen atoms in total. The average Bonchev–Trinajstić information content (AvgIpc) is 3.19. The first-order valence-corrected chi connectivity index (χ1v) is 10.0. The highest BCUT2D eigenvalue weighted by Crippen LogP contribution is 2.26. The topological polar surface area (TPSA) is 78.9 Å². The fourth-order valence-corrected chi connectivity index (χ4v) is 3.84. The fraction of sp³-hybridized carbons (Fsp3) is 0.650. The predicted octanol–water partition coefficient (Wildman–Crippen LogP) is 2.42. The molecule has 1 aliphatic carbocycles. The van der Waals surface area contributed by atoms with Gasteiger partial charge < -0.3 is 20.3 Å². The second-order valence-electron chi connectivity index (χ2n) is 7.29. The van der Waals surface area contributed by atoms with Gasteiger partial charge in [-0.3, -0.25) is 14.8 Å². The third-order valence-electron chi connectivity index (χ3n) is 5.32. The zero-order valence-electron chi connectivity index (χ0n) is 16.6. The van der Waals surface area contributed by atoms with Crippen LogP contribution < -0.4 is 15.4 Å². The Morgan fingerprint density at radius 1 is 1.32 bits per heavy atom. The number of aromatic nitrogens is 1. The van der Waals surface area contributed by atoms with E-state index in [1.165, 1.54) is 19.3 Å². The van der Waals surface area contributed by atoms with Gasteiger partial charge in [-0.25, -0.2) is 0 Å². The summed E-state index contributed by atoms with van der Waals surface area (Å²) in [5.74, 6) is 2.11. The highest BCUT2D eigenvalue weighted by Gasteiger charge is 2.31. The van der Waals surface area contributed by atoms with Crippen LogP contribution in [0.15, 0.2) is 29.5 Å². The number of hydrogen-bond donors (Lipinski definition) is 2. The van der Waals surface area contributed by atoms with Crippen molar-refractivity contribution in [3.63, 3.8) is 0 Å². The molecule has 1 aromatic heterocycles. The molecular weight excluding hydrogens is 469 g/mol. The number of halogens is 1. The molecule has 1 saturated carbocycles. The molecule has 28 heavy (non-hydrogen) atoms. The molecule has 8 heteroatoms. The van der Waals surface area contributed by atoms with Crippen molar-refractivity contribution >= 4 is 35.8 Å². The van der Waals surface area contributed by atoms with Crippen LogP contribution in [0, 0.1) is 5.92 Å². The Bertz CT molecular complexity index is 622. The Balaban J connectivity index is 0.00000280. The van der Waals surface area contributed by atoms with Crippen LogP contribution in [0.4, 0.5) is 0 Å². The summed E-state index contributed by atoms with van der Waals surface area (Å²) in [6.45, 7) is 2.78. The number of carbonyl (C=O) groups is 1. The summed E-state index contributed by atoms with van der Waals surface area (Å²) in [5, 5.41) is 6.69. The van der Waals surface area contributed by atoms with Gasteiger partial charge in [-0.2, -0.15) is 0 Å². The number of ether oxygens (including phenoxy) is 1. The van der Waals surface area contributed by atoms with E-state index < -0.39 is 0 Å². The SMILES string of the molecule is CN=C(NCCOc1cccnc1)NC1CCN(C(=O)C2CCCCC2)C1.I. The van der Waals surface area contributed by atoms with Gasteiger partial charge in [-0.15, -0.1) is 24.0 Å². The number of hydrogen-bond acceptors (Lipinski definition) is 4. The van der Waals surface area contributed by atoms with Gasteiger partial charge in [0.25, 0.3) is 0 Å². The Kier molecular flexibility index (Phi) is 9.80. The van der Waals surface area contributed by atoms with Gasteiger partial charge in [0.05, 0.1) is 12.7 Å². The van der Waals surface area contributed by atoms with Gasteiger partial charge in [0, 0.05) is 38.3 Å². The molecule has 1 aromatic rings. The van der Waals surface area contributed by atoms with Crippen LogP contribution in [0.2, 0.25) is 0 Å². The molecule has 2 N–H and O–H groups in total. The number of amides is 1. The number of nitrogens with one attached hydrogen (secondary N) is 2. The number of guanidine groups is 1. The molecule has 0 radical (unpaired) electrons. The van der Waals surface area contributed by atoms with E-state index in [-0.39, 0.29) is 35.9 Å². The quantitative estimate of drug-likeness (QED) is 0.271. The van der Waals surface area contributed by atoms with Crippen LogP contribution >= 0.6 is 24.0 Å². The molecule has 2 fully saturated rings. The normalized spacial score (nSPS) is 20.4. The molecule has 3 rings (SSSR count). The van der Waals surface area contributed by atoms with Gasteiger partial charge >= 0.3 is 0 Å². The summed E-state index contributed by atoms with van der Waals surface area (Å²) in [6, 6.07) is 3.99. The van der Waals surface area contributed by atoms with Gasteiger partial charge in [-0.05, 0) is 31.4 Å². The van der Waals surface area contributed by atoms with Gasteiger partial charge in [0.1, 0.15) is 12.4 Å². The van der Waals surface area contributed by atoms with Crippen molar-refractivity contribution in [2.75, 3.05) is 33.3 Å². The second-order valence-corrected chi connectivity index (χ2v) is 7.29. The third-order valence-corrected chi connectivity index (χ3v) is 5.32. The molecule has 1 unspecified atom stereocenters. The zero-order valence-corrected chi connectivity index (χ0v) is 18.9. The monoisotopic (exact) mass is 501 g/mol. The zero-order chi connectivity index (χ0) is 18.9. The minimum Gasteiger partial charge on any atom is -0.490 e. The molecule has 156 valence electrons. The lowest BCUT2D eigenvalue weighted by Crippen LogP contribution is -2.46. The predicted molar refractivity (Wildman–Crippen MR) is 121 cm³/mol. The average molecular weight is 501 g/mol. The third kappa shape index (κ3) is 6.79. The van der Waals surface area contributed by atoms with Crippen molar-refractivity contribution in [3.8, 4) is 5.75 Å². The first-order valence-electron chi connectivity index (χ1n) is 10.0. The molecule has 1 aliphatic heterocycles. The van der Waals surface area contributed by atoms with E-state index in [0.29, 0.717) is 19.1 Å². The number of likely N-dealkylation sites (tertiary alicyclic amines) is 1. The molecule has 2 aliphatic rings. The fourth-order valence-electron chi connectivity index (χ4n) is 3.84. The lowest BCUT2D eigenvalue weighted by molar-refractivity contribution is -0.135.